The van der Waals surface area contributed by atoms with E-state index in [2.05, 4.69) is 36.3 Å². The summed E-state index contributed by atoms with van der Waals surface area (Å²) in [5, 5.41) is 7.17. The third-order valence-electron chi connectivity index (χ3n) is 4.82. The average Bonchev–Trinajstić information content (AvgIpc) is 3.26. The maximum atomic E-state index is 13.1. The molecule has 0 bridgehead atoms. The maximum Gasteiger partial charge on any atom is 0.258 e. The number of carbonyl (C=O) groups is 1. The molecular weight excluding hydrogens is 448 g/mol. The number of ether oxygens (including phenoxy) is 1. The molecule has 0 saturated heterocycles. The second-order valence-electron chi connectivity index (χ2n) is 6.84. The largest absolute Gasteiger partial charge is 0.481 e. The van der Waals surface area contributed by atoms with Crippen LogP contribution in [0.2, 0.25) is 0 Å². The zero-order chi connectivity index (χ0) is 21.4. The second kappa shape index (κ2) is 7.91. The number of aryl methyl sites for hydroxylation is 3. The van der Waals surface area contributed by atoms with Crippen LogP contribution in [-0.4, -0.2) is 37.3 Å². The Labute approximate surface area is 182 Å². The zero-order valence-corrected chi connectivity index (χ0v) is 18.7. The van der Waals surface area contributed by atoms with Gasteiger partial charge < -0.3 is 9.30 Å². The molecule has 3 heterocycles. The Balaban J connectivity index is 1.71. The van der Waals surface area contributed by atoms with Crippen molar-refractivity contribution >= 4 is 38.8 Å². The number of methoxy groups -OCH3 is 1. The number of fused-ring (bicyclic) bond motifs is 1. The van der Waals surface area contributed by atoms with Crippen molar-refractivity contribution in [1.29, 1.82) is 0 Å². The number of amides is 1. The van der Waals surface area contributed by atoms with E-state index in [4.69, 9.17) is 4.74 Å². The first-order chi connectivity index (χ1) is 14.4. The number of hydrogen-bond donors (Lipinski definition) is 1. The van der Waals surface area contributed by atoms with Crippen LogP contribution in [0.4, 0.5) is 5.95 Å². The van der Waals surface area contributed by atoms with E-state index in [1.54, 1.807) is 37.2 Å². The Hall–Kier alpha value is -3.20. The van der Waals surface area contributed by atoms with Gasteiger partial charge in [-0.05, 0) is 44.2 Å². The van der Waals surface area contributed by atoms with Crippen molar-refractivity contribution in [2.45, 2.75) is 20.4 Å². The predicted molar refractivity (Wildman–Crippen MR) is 119 cm³/mol. The Morgan fingerprint density at radius 1 is 1.23 bits per heavy atom. The Bertz CT molecular complexity index is 1260. The van der Waals surface area contributed by atoms with Crippen molar-refractivity contribution in [3.05, 3.63) is 52.3 Å². The second-order valence-corrected chi connectivity index (χ2v) is 7.76. The first kappa shape index (κ1) is 20.1. The number of rotatable bonds is 5. The van der Waals surface area contributed by atoms with Crippen LogP contribution >= 0.6 is 15.9 Å². The molecule has 1 N–H and O–H groups in total. The van der Waals surface area contributed by atoms with E-state index in [1.807, 2.05) is 36.6 Å². The summed E-state index contributed by atoms with van der Waals surface area (Å²) in [7, 11) is 3.37. The van der Waals surface area contributed by atoms with Crippen LogP contribution in [0.3, 0.4) is 0 Å². The van der Waals surface area contributed by atoms with Gasteiger partial charge in [-0.25, -0.2) is 9.67 Å². The summed E-state index contributed by atoms with van der Waals surface area (Å²) in [6.45, 7) is 4.54. The third-order valence-corrected chi connectivity index (χ3v) is 5.31. The molecular formula is C21H21BrN6O2. The molecule has 4 aromatic rings. The number of aromatic nitrogens is 5. The molecule has 0 aliphatic carbocycles. The van der Waals surface area contributed by atoms with E-state index < -0.39 is 0 Å². The fraction of sp³-hybridized carbons (Fsp3) is 0.238. The summed E-state index contributed by atoms with van der Waals surface area (Å²) >= 11 is 3.49. The highest BCUT2D eigenvalue weighted by atomic mass is 79.9. The molecule has 0 aliphatic heterocycles. The molecule has 0 spiro atoms. The third kappa shape index (κ3) is 3.56. The number of pyridine rings is 1. The minimum Gasteiger partial charge on any atom is -0.481 e. The number of halogens is 1. The molecule has 9 heteroatoms. The van der Waals surface area contributed by atoms with Crippen LogP contribution in [-0.2, 0) is 13.6 Å². The summed E-state index contributed by atoms with van der Waals surface area (Å²) in [6, 6.07) is 9.32. The molecule has 0 fully saturated rings. The quantitative estimate of drug-likeness (QED) is 0.474. The topological polar surface area (TPSA) is 86.9 Å². The highest BCUT2D eigenvalue weighted by Gasteiger charge is 2.18. The number of carbonyl (C=O) groups excluding carboxylic acids is 1. The molecule has 154 valence electrons. The van der Waals surface area contributed by atoms with Gasteiger partial charge in [0.1, 0.15) is 0 Å². The predicted octanol–water partition coefficient (Wildman–Crippen LogP) is 4.18. The summed E-state index contributed by atoms with van der Waals surface area (Å²) in [6.07, 6.45) is 1.68. The standard InChI is InChI=1S/C21H21BrN6O2/c1-5-28-18-10-14(22)6-7-16(18)25-21(28)26-19(29)13-8-12(2)24-17(9-13)15-11-23-27(3)20(15)30-4/h6-11H,5H2,1-4H3,(H,25,26,29). The highest BCUT2D eigenvalue weighted by Crippen LogP contribution is 2.29. The van der Waals surface area contributed by atoms with Crippen molar-refractivity contribution in [2.75, 3.05) is 12.4 Å². The van der Waals surface area contributed by atoms with Crippen molar-refractivity contribution in [2.24, 2.45) is 7.05 Å². The summed E-state index contributed by atoms with van der Waals surface area (Å²) in [5.41, 5.74) is 4.33. The average molecular weight is 469 g/mol. The summed E-state index contributed by atoms with van der Waals surface area (Å²) < 4.78 is 9.98. The minimum absolute atomic E-state index is 0.256. The van der Waals surface area contributed by atoms with Gasteiger partial charge in [-0.3, -0.25) is 15.1 Å². The zero-order valence-electron chi connectivity index (χ0n) is 17.1. The van der Waals surface area contributed by atoms with Gasteiger partial charge in [-0.15, -0.1) is 0 Å². The van der Waals surface area contributed by atoms with E-state index >= 15 is 0 Å². The molecule has 0 unspecified atom stereocenters. The van der Waals surface area contributed by atoms with Crippen molar-refractivity contribution in [1.82, 2.24) is 24.3 Å². The SMILES string of the molecule is CCn1c(NC(=O)c2cc(C)nc(-c3cnn(C)c3OC)c2)nc2ccc(Br)cc21. The molecule has 0 radical (unpaired) electrons. The highest BCUT2D eigenvalue weighted by molar-refractivity contribution is 9.10. The molecule has 0 aliphatic rings. The van der Waals surface area contributed by atoms with Gasteiger partial charge in [-0.1, -0.05) is 15.9 Å². The van der Waals surface area contributed by atoms with Crippen molar-refractivity contribution in [3.63, 3.8) is 0 Å². The fourth-order valence-electron chi connectivity index (χ4n) is 3.47. The monoisotopic (exact) mass is 468 g/mol. The number of nitrogens with one attached hydrogen (secondary N) is 1. The fourth-order valence-corrected chi connectivity index (χ4v) is 3.82. The van der Waals surface area contributed by atoms with Crippen molar-refractivity contribution in [3.8, 4) is 17.1 Å². The van der Waals surface area contributed by atoms with Crippen LogP contribution in [0.25, 0.3) is 22.3 Å². The lowest BCUT2D eigenvalue weighted by molar-refractivity contribution is 0.102. The Morgan fingerprint density at radius 2 is 2.03 bits per heavy atom. The molecule has 1 amide bonds. The minimum atomic E-state index is -0.256. The number of anilines is 1. The van der Waals surface area contributed by atoms with Gasteiger partial charge in [0.05, 0.1) is 35.6 Å². The molecule has 8 nitrogen and oxygen atoms in total. The van der Waals surface area contributed by atoms with Gasteiger partial charge >= 0.3 is 0 Å². The van der Waals surface area contributed by atoms with Crippen LogP contribution in [0.5, 0.6) is 5.88 Å². The van der Waals surface area contributed by atoms with Gasteiger partial charge in [0.15, 0.2) is 0 Å². The van der Waals surface area contributed by atoms with Crippen LogP contribution in [0, 0.1) is 6.92 Å². The van der Waals surface area contributed by atoms with E-state index in [1.165, 1.54) is 0 Å². The summed E-state index contributed by atoms with van der Waals surface area (Å²) in [5.74, 6) is 0.831. The maximum absolute atomic E-state index is 13.1. The van der Waals surface area contributed by atoms with E-state index in [9.17, 15) is 4.79 Å². The molecule has 0 saturated carbocycles. The first-order valence-electron chi connectivity index (χ1n) is 9.43. The van der Waals surface area contributed by atoms with Gasteiger partial charge in [0, 0.05) is 29.3 Å². The summed E-state index contributed by atoms with van der Waals surface area (Å²) in [4.78, 5) is 22.2. The van der Waals surface area contributed by atoms with E-state index in [0.29, 0.717) is 29.6 Å². The lowest BCUT2D eigenvalue weighted by Crippen LogP contribution is -2.16. The first-order valence-corrected chi connectivity index (χ1v) is 10.2. The Morgan fingerprint density at radius 3 is 2.77 bits per heavy atom. The normalized spacial score (nSPS) is 11.1. The number of hydrogen-bond acceptors (Lipinski definition) is 5. The van der Waals surface area contributed by atoms with Gasteiger partial charge in [-0.2, -0.15) is 5.10 Å². The van der Waals surface area contributed by atoms with E-state index in [-0.39, 0.29) is 5.91 Å². The number of imidazole rings is 1. The van der Waals surface area contributed by atoms with Crippen molar-refractivity contribution < 1.29 is 9.53 Å². The van der Waals surface area contributed by atoms with Gasteiger partial charge in [0.25, 0.3) is 5.91 Å². The lowest BCUT2D eigenvalue weighted by atomic mass is 10.1. The smallest absolute Gasteiger partial charge is 0.258 e. The number of benzene rings is 1. The molecule has 1 aromatic carbocycles. The molecule has 30 heavy (non-hydrogen) atoms. The molecule has 0 atom stereocenters. The van der Waals surface area contributed by atoms with Crippen LogP contribution < -0.4 is 10.1 Å². The lowest BCUT2D eigenvalue weighted by Gasteiger charge is -2.10. The van der Waals surface area contributed by atoms with Gasteiger partial charge in [0.2, 0.25) is 11.8 Å². The van der Waals surface area contributed by atoms with Crippen LogP contribution in [0.1, 0.15) is 23.0 Å². The van der Waals surface area contributed by atoms with E-state index in [0.717, 1.165) is 26.8 Å². The molecule has 4 rings (SSSR count). The Kier molecular flexibility index (Phi) is 5.29. The van der Waals surface area contributed by atoms with Crippen LogP contribution in [0.15, 0.2) is 41.0 Å². The number of nitrogens with zero attached hydrogens (tertiary/aromatic N) is 5. The molecule has 3 aromatic heterocycles.